The SMILES string of the molecule is CCOc1c(Cl)cccc1CC(=O)Nc1cc(C(=O)O)c(C)cc1C. The average molecular weight is 362 g/mol. The van der Waals surface area contributed by atoms with Gasteiger partial charge in [-0.25, -0.2) is 4.79 Å². The summed E-state index contributed by atoms with van der Waals surface area (Å²) in [4.78, 5) is 23.7. The fourth-order valence-corrected chi connectivity index (χ4v) is 2.83. The summed E-state index contributed by atoms with van der Waals surface area (Å²) in [6, 6.07) is 8.46. The van der Waals surface area contributed by atoms with Crippen LogP contribution in [0.2, 0.25) is 5.02 Å². The van der Waals surface area contributed by atoms with E-state index in [9.17, 15) is 14.7 Å². The van der Waals surface area contributed by atoms with E-state index < -0.39 is 5.97 Å². The number of carbonyl (C=O) groups excluding carboxylic acids is 1. The van der Waals surface area contributed by atoms with Crippen molar-refractivity contribution in [2.75, 3.05) is 11.9 Å². The molecule has 2 N–H and O–H groups in total. The largest absolute Gasteiger partial charge is 0.492 e. The molecule has 0 bridgehead atoms. The van der Waals surface area contributed by atoms with Crippen molar-refractivity contribution in [3.8, 4) is 5.75 Å². The summed E-state index contributed by atoms with van der Waals surface area (Å²) in [5.74, 6) is -0.804. The van der Waals surface area contributed by atoms with Gasteiger partial charge in [-0.1, -0.05) is 29.8 Å². The molecule has 0 radical (unpaired) electrons. The second-order valence-corrected chi connectivity index (χ2v) is 6.08. The molecule has 0 aromatic heterocycles. The highest BCUT2D eigenvalue weighted by molar-refractivity contribution is 6.32. The Labute approximate surface area is 151 Å². The minimum atomic E-state index is -1.03. The van der Waals surface area contributed by atoms with Gasteiger partial charge in [-0.2, -0.15) is 0 Å². The zero-order valence-electron chi connectivity index (χ0n) is 14.4. The van der Waals surface area contributed by atoms with E-state index in [1.807, 2.05) is 13.8 Å². The number of hydrogen-bond acceptors (Lipinski definition) is 3. The Hall–Kier alpha value is -2.53. The number of amides is 1. The van der Waals surface area contributed by atoms with Crippen molar-refractivity contribution in [2.24, 2.45) is 0 Å². The summed E-state index contributed by atoms with van der Waals surface area (Å²) in [6.45, 7) is 5.83. The first-order chi connectivity index (χ1) is 11.8. The molecule has 2 aromatic carbocycles. The van der Waals surface area contributed by atoms with Crippen molar-refractivity contribution in [1.29, 1.82) is 0 Å². The molecule has 0 aliphatic carbocycles. The van der Waals surface area contributed by atoms with Gasteiger partial charge in [-0.15, -0.1) is 0 Å². The smallest absolute Gasteiger partial charge is 0.336 e. The van der Waals surface area contributed by atoms with Crippen molar-refractivity contribution in [2.45, 2.75) is 27.2 Å². The number of ether oxygens (including phenoxy) is 1. The lowest BCUT2D eigenvalue weighted by Gasteiger charge is -2.14. The molecule has 25 heavy (non-hydrogen) atoms. The maximum absolute atomic E-state index is 12.4. The molecule has 5 nitrogen and oxygen atoms in total. The first-order valence-electron chi connectivity index (χ1n) is 7.88. The van der Waals surface area contributed by atoms with Gasteiger partial charge in [-0.05, 0) is 44.0 Å². The van der Waals surface area contributed by atoms with E-state index >= 15 is 0 Å². The Morgan fingerprint density at radius 2 is 1.92 bits per heavy atom. The number of carbonyl (C=O) groups is 2. The summed E-state index contributed by atoms with van der Waals surface area (Å²) < 4.78 is 5.52. The van der Waals surface area contributed by atoms with Crippen molar-refractivity contribution < 1.29 is 19.4 Å². The third-order valence-corrected chi connectivity index (χ3v) is 4.06. The van der Waals surface area contributed by atoms with Gasteiger partial charge >= 0.3 is 5.97 Å². The molecule has 0 heterocycles. The van der Waals surface area contributed by atoms with Crippen LogP contribution in [0.1, 0.15) is 34.0 Å². The van der Waals surface area contributed by atoms with Gasteiger partial charge in [0, 0.05) is 11.3 Å². The highest BCUT2D eigenvalue weighted by Gasteiger charge is 2.15. The number of anilines is 1. The molecule has 0 atom stereocenters. The van der Waals surface area contributed by atoms with E-state index in [1.54, 1.807) is 31.2 Å². The van der Waals surface area contributed by atoms with E-state index in [1.165, 1.54) is 6.07 Å². The lowest BCUT2D eigenvalue weighted by Crippen LogP contribution is -2.16. The molecule has 0 fully saturated rings. The normalized spacial score (nSPS) is 10.4. The Morgan fingerprint density at radius 3 is 2.56 bits per heavy atom. The van der Waals surface area contributed by atoms with E-state index in [2.05, 4.69) is 5.32 Å². The lowest BCUT2D eigenvalue weighted by atomic mass is 10.0. The topological polar surface area (TPSA) is 75.6 Å². The standard InChI is InChI=1S/C19H20ClNO4/c1-4-25-18-13(6-5-7-15(18)20)9-17(22)21-16-10-14(19(23)24)11(2)8-12(16)3/h5-8,10H,4,9H2,1-3H3,(H,21,22)(H,23,24). The Balaban J connectivity index is 2.23. The van der Waals surface area contributed by atoms with Crippen LogP contribution in [-0.4, -0.2) is 23.6 Å². The molecule has 0 saturated heterocycles. The second kappa shape index (κ2) is 8.03. The molecular formula is C19H20ClNO4. The van der Waals surface area contributed by atoms with Crippen molar-refractivity contribution >= 4 is 29.2 Å². The molecular weight excluding hydrogens is 342 g/mol. The van der Waals surface area contributed by atoms with Crippen molar-refractivity contribution in [1.82, 2.24) is 0 Å². The van der Waals surface area contributed by atoms with Crippen LogP contribution in [0.4, 0.5) is 5.69 Å². The van der Waals surface area contributed by atoms with E-state index in [0.29, 0.717) is 34.2 Å². The highest BCUT2D eigenvalue weighted by atomic mass is 35.5. The number of benzene rings is 2. The molecule has 132 valence electrons. The summed E-state index contributed by atoms with van der Waals surface area (Å²) in [6.07, 6.45) is 0.0750. The van der Waals surface area contributed by atoms with E-state index in [0.717, 1.165) is 5.56 Å². The molecule has 2 aromatic rings. The third kappa shape index (κ3) is 4.51. The van der Waals surface area contributed by atoms with Gasteiger partial charge in [0.1, 0.15) is 5.75 Å². The number of carboxylic acids is 1. The lowest BCUT2D eigenvalue weighted by molar-refractivity contribution is -0.115. The average Bonchev–Trinajstić information content (AvgIpc) is 2.53. The number of halogens is 1. The maximum Gasteiger partial charge on any atom is 0.336 e. The van der Waals surface area contributed by atoms with Crippen LogP contribution in [-0.2, 0) is 11.2 Å². The summed E-state index contributed by atoms with van der Waals surface area (Å²) in [5.41, 5.74) is 2.77. The second-order valence-electron chi connectivity index (χ2n) is 5.67. The van der Waals surface area contributed by atoms with Crippen LogP contribution in [0.25, 0.3) is 0 Å². The zero-order chi connectivity index (χ0) is 18.6. The molecule has 0 aliphatic heterocycles. The minimum absolute atomic E-state index is 0.0750. The predicted octanol–water partition coefficient (Wildman–Crippen LogP) is 4.23. The number of aryl methyl sites for hydroxylation is 2. The number of nitrogens with one attached hydrogen (secondary N) is 1. The van der Waals surface area contributed by atoms with Gasteiger partial charge in [0.05, 0.1) is 23.6 Å². The van der Waals surface area contributed by atoms with Gasteiger partial charge in [0.15, 0.2) is 0 Å². The van der Waals surface area contributed by atoms with E-state index in [-0.39, 0.29) is 17.9 Å². The zero-order valence-corrected chi connectivity index (χ0v) is 15.1. The fourth-order valence-electron chi connectivity index (χ4n) is 2.58. The molecule has 6 heteroatoms. The summed E-state index contributed by atoms with van der Waals surface area (Å²) in [7, 11) is 0. The maximum atomic E-state index is 12.4. The van der Waals surface area contributed by atoms with Crippen LogP contribution in [0.15, 0.2) is 30.3 Å². The Morgan fingerprint density at radius 1 is 1.20 bits per heavy atom. The molecule has 0 unspecified atom stereocenters. The van der Waals surface area contributed by atoms with Crippen LogP contribution < -0.4 is 10.1 Å². The quantitative estimate of drug-likeness (QED) is 0.807. The van der Waals surface area contributed by atoms with Crippen molar-refractivity contribution in [3.63, 3.8) is 0 Å². The van der Waals surface area contributed by atoms with Crippen LogP contribution in [0, 0.1) is 13.8 Å². The Kier molecular flexibility index (Phi) is 6.04. The molecule has 0 saturated carbocycles. The number of hydrogen-bond donors (Lipinski definition) is 2. The minimum Gasteiger partial charge on any atom is -0.492 e. The predicted molar refractivity (Wildman–Crippen MR) is 97.8 cm³/mol. The first-order valence-corrected chi connectivity index (χ1v) is 8.25. The monoisotopic (exact) mass is 361 g/mol. The Bertz CT molecular complexity index is 817. The summed E-state index contributed by atoms with van der Waals surface area (Å²) in [5, 5.41) is 12.5. The number of para-hydroxylation sites is 1. The molecule has 0 aliphatic rings. The van der Waals surface area contributed by atoms with Crippen molar-refractivity contribution in [3.05, 3.63) is 57.6 Å². The first kappa shape index (κ1) is 18.8. The molecule has 2 rings (SSSR count). The van der Waals surface area contributed by atoms with Crippen LogP contribution in [0.3, 0.4) is 0 Å². The fraction of sp³-hybridized carbons (Fsp3) is 0.263. The van der Waals surface area contributed by atoms with Gasteiger partial charge in [-0.3, -0.25) is 4.79 Å². The van der Waals surface area contributed by atoms with Gasteiger partial charge in [0.25, 0.3) is 0 Å². The number of aromatic carboxylic acids is 1. The van der Waals surface area contributed by atoms with Crippen LogP contribution in [0.5, 0.6) is 5.75 Å². The van der Waals surface area contributed by atoms with Crippen LogP contribution >= 0.6 is 11.6 Å². The molecule has 0 spiro atoms. The third-order valence-electron chi connectivity index (χ3n) is 3.76. The van der Waals surface area contributed by atoms with E-state index in [4.69, 9.17) is 16.3 Å². The number of rotatable bonds is 6. The summed E-state index contributed by atoms with van der Waals surface area (Å²) >= 11 is 6.13. The number of carboxylic acid groups (broad SMARTS) is 1. The van der Waals surface area contributed by atoms with Gasteiger partial charge in [0.2, 0.25) is 5.91 Å². The van der Waals surface area contributed by atoms with Gasteiger partial charge < -0.3 is 15.2 Å². The molecule has 1 amide bonds. The highest BCUT2D eigenvalue weighted by Crippen LogP contribution is 2.29.